The minimum Gasteiger partial charge on any atom is -0.379 e. The van der Waals surface area contributed by atoms with Gasteiger partial charge in [0.05, 0.1) is 18.1 Å². The number of rotatable bonds is 4. The number of nitrogens with zero attached hydrogens (tertiary/aromatic N) is 2. The zero-order chi connectivity index (χ0) is 19.6. The van der Waals surface area contributed by atoms with E-state index in [1.807, 2.05) is 18.7 Å². The molecular weight excluding hydrogens is 402 g/mol. The van der Waals surface area contributed by atoms with Crippen LogP contribution in [0.2, 0.25) is 0 Å². The number of hydrogen-bond acceptors (Lipinski definition) is 5. The van der Waals surface area contributed by atoms with Crippen molar-refractivity contribution in [3.8, 4) is 0 Å². The number of carbonyl (C=O) groups is 1. The molecule has 0 radical (unpaired) electrons. The fourth-order valence-corrected chi connectivity index (χ4v) is 5.38. The summed E-state index contributed by atoms with van der Waals surface area (Å²) in [6.45, 7) is 8.83. The lowest BCUT2D eigenvalue weighted by molar-refractivity contribution is 0.0602. The lowest BCUT2D eigenvalue weighted by Gasteiger charge is -2.38. The van der Waals surface area contributed by atoms with E-state index >= 15 is 0 Å². The van der Waals surface area contributed by atoms with Crippen molar-refractivity contribution < 1.29 is 17.9 Å². The quantitative estimate of drug-likeness (QED) is 0.781. The molecule has 2 aliphatic heterocycles. The molecule has 0 aliphatic carbocycles. The summed E-state index contributed by atoms with van der Waals surface area (Å²) >= 11 is 0. The van der Waals surface area contributed by atoms with Gasteiger partial charge in [-0.05, 0) is 38.0 Å². The Morgan fingerprint density at radius 3 is 2.54 bits per heavy atom. The zero-order valence-electron chi connectivity index (χ0n) is 16.7. The van der Waals surface area contributed by atoms with Gasteiger partial charge in [0.25, 0.3) is 5.91 Å². The first-order chi connectivity index (χ1) is 12.9. The second kappa shape index (κ2) is 9.54. The van der Waals surface area contributed by atoms with E-state index in [0.717, 1.165) is 12.1 Å². The van der Waals surface area contributed by atoms with Crippen LogP contribution >= 0.6 is 12.4 Å². The van der Waals surface area contributed by atoms with Gasteiger partial charge in [-0.25, -0.2) is 8.42 Å². The molecule has 1 aromatic carbocycles. The van der Waals surface area contributed by atoms with E-state index in [-0.39, 0.29) is 35.3 Å². The topological polar surface area (TPSA) is 79.0 Å². The van der Waals surface area contributed by atoms with Crippen LogP contribution in [0.1, 0.15) is 36.7 Å². The van der Waals surface area contributed by atoms with Crippen LogP contribution in [0.3, 0.4) is 0 Å². The maximum Gasteiger partial charge on any atom is 0.254 e. The number of aryl methyl sites for hydroxylation is 1. The summed E-state index contributed by atoms with van der Waals surface area (Å²) in [6.07, 6.45) is 0.592. The van der Waals surface area contributed by atoms with Crippen LogP contribution in [0.4, 0.5) is 0 Å². The van der Waals surface area contributed by atoms with Crippen molar-refractivity contribution >= 4 is 28.3 Å². The normalized spacial score (nSPS) is 23.9. The first kappa shape index (κ1) is 23.1. The van der Waals surface area contributed by atoms with Crippen LogP contribution in [-0.4, -0.2) is 75.0 Å². The Balaban J connectivity index is 0.00000280. The van der Waals surface area contributed by atoms with Gasteiger partial charge in [0.15, 0.2) is 0 Å². The van der Waals surface area contributed by atoms with E-state index in [2.05, 4.69) is 12.2 Å². The van der Waals surface area contributed by atoms with Crippen LogP contribution in [0.15, 0.2) is 23.1 Å². The lowest BCUT2D eigenvalue weighted by Crippen LogP contribution is -2.57. The first-order valence-electron chi connectivity index (χ1n) is 9.61. The number of sulfonamides is 1. The van der Waals surface area contributed by atoms with Gasteiger partial charge in [0.1, 0.15) is 0 Å². The summed E-state index contributed by atoms with van der Waals surface area (Å²) in [7, 11) is -3.65. The highest BCUT2D eigenvalue weighted by atomic mass is 35.5. The molecule has 1 aromatic rings. The summed E-state index contributed by atoms with van der Waals surface area (Å²) in [5.41, 5.74) is 1.17. The number of benzene rings is 1. The Bertz CT molecular complexity index is 796. The second-order valence-electron chi connectivity index (χ2n) is 7.17. The molecule has 7 nitrogen and oxygen atoms in total. The maximum atomic E-state index is 13.2. The highest BCUT2D eigenvalue weighted by molar-refractivity contribution is 7.89. The van der Waals surface area contributed by atoms with Crippen molar-refractivity contribution in [2.24, 2.45) is 0 Å². The highest BCUT2D eigenvalue weighted by Crippen LogP contribution is 2.25. The third-order valence-corrected chi connectivity index (χ3v) is 7.56. The van der Waals surface area contributed by atoms with E-state index in [9.17, 15) is 13.2 Å². The minimum atomic E-state index is -3.65. The first-order valence-corrected chi connectivity index (χ1v) is 11.1. The third-order valence-electron chi connectivity index (χ3n) is 5.58. The predicted molar refractivity (Wildman–Crippen MR) is 111 cm³/mol. The Hall–Kier alpha value is -1.19. The van der Waals surface area contributed by atoms with Crippen molar-refractivity contribution in [3.63, 3.8) is 0 Å². The Morgan fingerprint density at radius 1 is 1.21 bits per heavy atom. The van der Waals surface area contributed by atoms with Crippen molar-refractivity contribution in [2.75, 3.05) is 39.4 Å². The highest BCUT2D eigenvalue weighted by Gasteiger charge is 2.32. The van der Waals surface area contributed by atoms with Gasteiger partial charge in [0.2, 0.25) is 10.0 Å². The fourth-order valence-electron chi connectivity index (χ4n) is 3.65. The standard InChI is InChI=1S/C19H29N3O4S.ClH/c1-4-16-5-6-17(19(23)22-8-7-20-14(2)15(22)3)13-18(16)27(24,25)21-9-11-26-12-10-21;/h5-6,13-15,20H,4,7-12H2,1-3H3;1H. The largest absolute Gasteiger partial charge is 0.379 e. The van der Waals surface area contributed by atoms with Crippen LogP contribution in [-0.2, 0) is 21.2 Å². The van der Waals surface area contributed by atoms with Gasteiger partial charge < -0.3 is 15.0 Å². The van der Waals surface area contributed by atoms with E-state index in [4.69, 9.17) is 4.74 Å². The summed E-state index contributed by atoms with van der Waals surface area (Å²) < 4.78 is 33.1. The number of hydrogen-bond donors (Lipinski definition) is 1. The molecule has 0 saturated carbocycles. The molecule has 158 valence electrons. The number of ether oxygens (including phenoxy) is 1. The molecule has 2 heterocycles. The zero-order valence-corrected chi connectivity index (χ0v) is 18.3. The Labute approximate surface area is 173 Å². The third kappa shape index (κ3) is 4.52. The average molecular weight is 432 g/mol. The molecule has 2 fully saturated rings. The summed E-state index contributed by atoms with van der Waals surface area (Å²) in [5, 5.41) is 3.36. The van der Waals surface area contributed by atoms with E-state index in [1.54, 1.807) is 18.2 Å². The summed E-state index contributed by atoms with van der Waals surface area (Å²) in [4.78, 5) is 15.2. The van der Waals surface area contributed by atoms with Crippen molar-refractivity contribution in [1.82, 2.24) is 14.5 Å². The Morgan fingerprint density at radius 2 is 1.89 bits per heavy atom. The fraction of sp³-hybridized carbons (Fsp3) is 0.632. The van der Waals surface area contributed by atoms with Crippen molar-refractivity contribution in [2.45, 2.75) is 44.2 Å². The molecule has 0 aromatic heterocycles. The van der Waals surface area contributed by atoms with E-state index in [1.165, 1.54) is 4.31 Å². The molecule has 9 heteroatoms. The predicted octanol–water partition coefficient (Wildman–Crippen LogP) is 1.51. The molecule has 2 aliphatic rings. The molecule has 1 N–H and O–H groups in total. The average Bonchev–Trinajstić information content (AvgIpc) is 2.69. The van der Waals surface area contributed by atoms with Gasteiger partial charge in [-0.15, -0.1) is 12.4 Å². The van der Waals surface area contributed by atoms with Gasteiger partial charge in [-0.1, -0.05) is 13.0 Å². The second-order valence-corrected chi connectivity index (χ2v) is 9.08. The molecule has 0 spiro atoms. The maximum absolute atomic E-state index is 13.2. The van der Waals surface area contributed by atoms with Crippen LogP contribution in [0.25, 0.3) is 0 Å². The molecule has 3 rings (SSSR count). The van der Waals surface area contributed by atoms with Gasteiger partial charge in [-0.3, -0.25) is 4.79 Å². The SMILES string of the molecule is CCc1ccc(C(=O)N2CCNC(C)C2C)cc1S(=O)(=O)N1CCOCC1.Cl. The van der Waals surface area contributed by atoms with Gasteiger partial charge in [0, 0.05) is 43.8 Å². The lowest BCUT2D eigenvalue weighted by atomic mass is 10.0. The van der Waals surface area contributed by atoms with Crippen LogP contribution in [0.5, 0.6) is 0 Å². The smallest absolute Gasteiger partial charge is 0.254 e. The van der Waals surface area contributed by atoms with Gasteiger partial charge in [-0.2, -0.15) is 4.31 Å². The van der Waals surface area contributed by atoms with Crippen molar-refractivity contribution in [1.29, 1.82) is 0 Å². The van der Waals surface area contributed by atoms with E-state index < -0.39 is 10.0 Å². The molecule has 1 amide bonds. The number of nitrogens with one attached hydrogen (secondary N) is 1. The van der Waals surface area contributed by atoms with Crippen LogP contribution in [0, 0.1) is 0 Å². The van der Waals surface area contributed by atoms with Gasteiger partial charge >= 0.3 is 0 Å². The molecular formula is C19H30ClN3O4S. The molecule has 2 saturated heterocycles. The number of morpholine rings is 1. The molecule has 2 unspecified atom stereocenters. The summed E-state index contributed by atoms with van der Waals surface area (Å²) in [5.74, 6) is -0.114. The number of halogens is 1. The van der Waals surface area contributed by atoms with Crippen LogP contribution < -0.4 is 5.32 Å². The monoisotopic (exact) mass is 431 g/mol. The molecule has 28 heavy (non-hydrogen) atoms. The van der Waals surface area contributed by atoms with Crippen molar-refractivity contribution in [3.05, 3.63) is 29.3 Å². The number of amides is 1. The molecule has 2 atom stereocenters. The minimum absolute atomic E-state index is 0. The number of carbonyl (C=O) groups excluding carboxylic acids is 1. The van der Waals surface area contributed by atoms with E-state index in [0.29, 0.717) is 44.8 Å². The number of piperazine rings is 1. The summed E-state index contributed by atoms with van der Waals surface area (Å²) in [6, 6.07) is 5.34. The molecule has 0 bridgehead atoms. The Kier molecular flexibility index (Phi) is 7.87.